The molecule has 0 aliphatic heterocycles. The van der Waals surface area contributed by atoms with E-state index in [2.05, 4.69) is 0 Å². The first-order chi connectivity index (χ1) is 10.7. The number of carbonyl (C=O) groups is 2. The number of rotatable bonds is 5. The molecule has 0 radical (unpaired) electrons. The summed E-state index contributed by atoms with van der Waals surface area (Å²) in [5.74, 6) is -0.796. The SMILES string of the molecule is CC(C)(C)c1cc(C(SCC(N)=O)C(N)=O)cc(C(C)(C)C)c1O. The second-order valence-electron chi connectivity index (χ2n) is 8.02. The molecule has 0 saturated heterocycles. The summed E-state index contributed by atoms with van der Waals surface area (Å²) in [5, 5.41) is 10.0. The lowest BCUT2D eigenvalue weighted by atomic mass is 9.78. The lowest BCUT2D eigenvalue weighted by Gasteiger charge is -2.29. The molecule has 0 aromatic heterocycles. The Morgan fingerprint density at radius 1 is 1.04 bits per heavy atom. The number of phenols is 1. The predicted octanol–water partition coefficient (Wildman–Crippen LogP) is 2.73. The van der Waals surface area contributed by atoms with Crippen molar-refractivity contribution >= 4 is 23.6 Å². The molecule has 134 valence electrons. The Bertz CT molecular complexity index is 608. The van der Waals surface area contributed by atoms with Crippen LogP contribution >= 0.6 is 11.8 Å². The average Bonchev–Trinajstić information content (AvgIpc) is 2.36. The standard InChI is InChI=1S/C18H28N2O3S/c1-17(2,3)11-7-10(8-12(14(11)22)18(4,5)6)15(16(20)23)24-9-13(19)21/h7-8,15,22H,9H2,1-6H3,(H2,19,21)(H2,20,23). The molecular formula is C18H28N2O3S. The van der Waals surface area contributed by atoms with Crippen molar-refractivity contribution < 1.29 is 14.7 Å². The largest absolute Gasteiger partial charge is 0.507 e. The minimum absolute atomic E-state index is 0.00415. The van der Waals surface area contributed by atoms with E-state index < -0.39 is 17.1 Å². The molecule has 1 rings (SSSR count). The molecule has 24 heavy (non-hydrogen) atoms. The first kappa shape index (κ1) is 20.4. The zero-order valence-electron chi connectivity index (χ0n) is 15.3. The highest BCUT2D eigenvalue weighted by Crippen LogP contribution is 2.42. The second-order valence-corrected chi connectivity index (χ2v) is 9.12. The van der Waals surface area contributed by atoms with Crippen LogP contribution in [0.3, 0.4) is 0 Å². The van der Waals surface area contributed by atoms with Gasteiger partial charge >= 0.3 is 0 Å². The van der Waals surface area contributed by atoms with Crippen molar-refractivity contribution in [3.63, 3.8) is 0 Å². The maximum Gasteiger partial charge on any atom is 0.235 e. The number of phenolic OH excluding ortho intramolecular Hbond substituents is 1. The number of aromatic hydroxyl groups is 1. The molecule has 0 bridgehead atoms. The van der Waals surface area contributed by atoms with Gasteiger partial charge in [-0.15, -0.1) is 11.8 Å². The Morgan fingerprint density at radius 2 is 1.46 bits per heavy atom. The Kier molecular flexibility index (Phi) is 5.98. The van der Waals surface area contributed by atoms with Crippen LogP contribution in [0.15, 0.2) is 12.1 Å². The molecule has 1 aromatic carbocycles. The van der Waals surface area contributed by atoms with Crippen molar-refractivity contribution in [1.82, 2.24) is 0 Å². The maximum absolute atomic E-state index is 11.9. The van der Waals surface area contributed by atoms with Crippen molar-refractivity contribution in [3.8, 4) is 5.75 Å². The first-order valence-corrected chi connectivity index (χ1v) is 8.87. The zero-order valence-corrected chi connectivity index (χ0v) is 16.1. The maximum atomic E-state index is 11.9. The summed E-state index contributed by atoms with van der Waals surface area (Å²) >= 11 is 1.10. The third kappa shape index (κ3) is 4.90. The molecule has 1 aromatic rings. The lowest BCUT2D eigenvalue weighted by Crippen LogP contribution is -2.24. The van der Waals surface area contributed by atoms with E-state index in [1.807, 2.05) is 41.5 Å². The molecule has 6 heteroatoms. The monoisotopic (exact) mass is 352 g/mol. The molecule has 0 saturated carbocycles. The number of primary amides is 2. The average molecular weight is 353 g/mol. The van der Waals surface area contributed by atoms with Gasteiger partial charge in [0.15, 0.2) is 0 Å². The fraction of sp³-hybridized carbons (Fsp3) is 0.556. The summed E-state index contributed by atoms with van der Waals surface area (Å²) in [4.78, 5) is 23.0. The second kappa shape index (κ2) is 7.05. The van der Waals surface area contributed by atoms with Gasteiger partial charge < -0.3 is 16.6 Å². The van der Waals surface area contributed by atoms with Gasteiger partial charge in [0.1, 0.15) is 11.0 Å². The summed E-state index contributed by atoms with van der Waals surface area (Å²) in [6.45, 7) is 12.0. The molecule has 5 nitrogen and oxygen atoms in total. The quantitative estimate of drug-likeness (QED) is 0.757. The summed E-state index contributed by atoms with van der Waals surface area (Å²) in [5.41, 5.74) is 12.3. The highest BCUT2D eigenvalue weighted by atomic mass is 32.2. The Hall–Kier alpha value is -1.69. The minimum Gasteiger partial charge on any atom is -0.507 e. The van der Waals surface area contributed by atoms with Crippen molar-refractivity contribution in [1.29, 1.82) is 0 Å². The number of carbonyl (C=O) groups excluding carboxylic acids is 2. The smallest absolute Gasteiger partial charge is 0.235 e. The molecule has 1 atom stereocenters. The van der Waals surface area contributed by atoms with Crippen molar-refractivity contribution in [2.45, 2.75) is 57.6 Å². The lowest BCUT2D eigenvalue weighted by molar-refractivity contribution is -0.117. The third-order valence-corrected chi connectivity index (χ3v) is 4.99. The summed E-state index contributed by atoms with van der Waals surface area (Å²) < 4.78 is 0. The molecule has 0 aliphatic carbocycles. The van der Waals surface area contributed by atoms with Crippen LogP contribution in [0.5, 0.6) is 5.75 Å². The molecule has 0 spiro atoms. The highest BCUT2D eigenvalue weighted by molar-refractivity contribution is 8.00. The van der Waals surface area contributed by atoms with Crippen LogP contribution < -0.4 is 11.5 Å². The van der Waals surface area contributed by atoms with Gasteiger partial charge in [-0.1, -0.05) is 41.5 Å². The van der Waals surface area contributed by atoms with E-state index in [0.717, 1.165) is 22.9 Å². The minimum atomic E-state index is -0.694. The van der Waals surface area contributed by atoms with Crippen LogP contribution in [-0.2, 0) is 20.4 Å². The van der Waals surface area contributed by atoms with E-state index in [9.17, 15) is 14.7 Å². The molecule has 1 unspecified atom stereocenters. The summed E-state index contributed by atoms with van der Waals surface area (Å²) in [7, 11) is 0. The van der Waals surface area contributed by atoms with E-state index in [4.69, 9.17) is 11.5 Å². The number of amides is 2. The van der Waals surface area contributed by atoms with E-state index in [1.165, 1.54) is 0 Å². The van der Waals surface area contributed by atoms with E-state index >= 15 is 0 Å². The van der Waals surface area contributed by atoms with Gasteiger partial charge in [-0.25, -0.2) is 0 Å². The normalized spacial score (nSPS) is 13.6. The van der Waals surface area contributed by atoms with Crippen molar-refractivity contribution in [2.24, 2.45) is 11.5 Å². The topological polar surface area (TPSA) is 106 Å². The number of hydrogen-bond acceptors (Lipinski definition) is 4. The highest BCUT2D eigenvalue weighted by Gasteiger charge is 2.29. The van der Waals surface area contributed by atoms with Gasteiger partial charge in [0.25, 0.3) is 0 Å². The molecule has 0 fully saturated rings. The Labute approximate surface area is 148 Å². The predicted molar refractivity (Wildman–Crippen MR) is 99.1 cm³/mol. The fourth-order valence-corrected chi connectivity index (χ4v) is 3.28. The van der Waals surface area contributed by atoms with E-state index in [0.29, 0.717) is 5.56 Å². The van der Waals surface area contributed by atoms with Crippen molar-refractivity contribution in [2.75, 3.05) is 5.75 Å². The van der Waals surface area contributed by atoms with Gasteiger partial charge in [-0.2, -0.15) is 0 Å². The van der Waals surface area contributed by atoms with Gasteiger partial charge in [0.2, 0.25) is 11.8 Å². The van der Waals surface area contributed by atoms with Crippen LogP contribution in [0.2, 0.25) is 0 Å². The van der Waals surface area contributed by atoms with Crippen molar-refractivity contribution in [3.05, 3.63) is 28.8 Å². The Morgan fingerprint density at radius 3 is 1.75 bits per heavy atom. The molecular weight excluding hydrogens is 324 g/mol. The first-order valence-electron chi connectivity index (χ1n) is 7.82. The third-order valence-electron chi connectivity index (χ3n) is 3.70. The van der Waals surface area contributed by atoms with Gasteiger partial charge in [0.05, 0.1) is 5.75 Å². The molecule has 0 aliphatic rings. The molecule has 2 amide bonds. The van der Waals surface area contributed by atoms with Crippen LogP contribution in [0.1, 0.15) is 63.5 Å². The number of thioether (sulfide) groups is 1. The van der Waals surface area contributed by atoms with Gasteiger partial charge in [0, 0.05) is 0 Å². The summed E-state index contributed by atoms with van der Waals surface area (Å²) in [6.07, 6.45) is 0. The molecule has 5 N–H and O–H groups in total. The zero-order chi connectivity index (χ0) is 18.9. The van der Waals surface area contributed by atoms with Crippen LogP contribution in [0, 0.1) is 0 Å². The van der Waals surface area contributed by atoms with Crippen LogP contribution in [0.25, 0.3) is 0 Å². The van der Waals surface area contributed by atoms with Gasteiger partial charge in [-0.05, 0) is 39.7 Å². The van der Waals surface area contributed by atoms with E-state index in [-0.39, 0.29) is 22.3 Å². The number of nitrogens with two attached hydrogens (primary N) is 2. The summed E-state index contributed by atoms with van der Waals surface area (Å²) in [6, 6.07) is 3.60. The fourth-order valence-electron chi connectivity index (χ4n) is 2.46. The number of benzene rings is 1. The van der Waals surface area contributed by atoms with Crippen LogP contribution in [0.4, 0.5) is 0 Å². The van der Waals surface area contributed by atoms with E-state index in [1.54, 1.807) is 12.1 Å². The van der Waals surface area contributed by atoms with Gasteiger partial charge in [-0.3, -0.25) is 9.59 Å². The molecule has 0 heterocycles. The number of hydrogen-bond donors (Lipinski definition) is 3. The Balaban J connectivity index is 3.56. The van der Waals surface area contributed by atoms with Crippen LogP contribution in [-0.4, -0.2) is 22.7 Å².